The highest BCUT2D eigenvalue weighted by molar-refractivity contribution is 6.41. The van der Waals surface area contributed by atoms with E-state index >= 15 is 0 Å². The number of aliphatic hydroxyl groups excluding tert-OH is 3. The predicted molar refractivity (Wildman–Crippen MR) is 41.4 cm³/mol. The van der Waals surface area contributed by atoms with Crippen LogP contribution in [0.1, 0.15) is 6.42 Å². The summed E-state index contributed by atoms with van der Waals surface area (Å²) < 4.78 is 0. The van der Waals surface area contributed by atoms with Crippen LogP contribution in [0.2, 0.25) is 0 Å². The Bertz CT molecular complexity index is 246. The van der Waals surface area contributed by atoms with Crippen LogP contribution in [0.25, 0.3) is 0 Å². The molecule has 0 aliphatic rings. The minimum absolute atomic E-state index is 0.896. The molecule has 7 heteroatoms. The molecule has 2 unspecified atom stereocenters. The van der Waals surface area contributed by atoms with Gasteiger partial charge in [-0.3, -0.25) is 14.4 Å². The molecule has 14 heavy (non-hydrogen) atoms. The maximum Gasteiger partial charge on any atom is 0.311 e. The van der Waals surface area contributed by atoms with Gasteiger partial charge >= 0.3 is 5.97 Å². The zero-order valence-electron chi connectivity index (χ0n) is 7.08. The van der Waals surface area contributed by atoms with Gasteiger partial charge in [-0.1, -0.05) is 0 Å². The Morgan fingerprint density at radius 1 is 1.14 bits per heavy atom. The van der Waals surface area contributed by atoms with Gasteiger partial charge in [0.05, 0.1) is 6.61 Å². The highest BCUT2D eigenvalue weighted by atomic mass is 16.4. The fourth-order valence-corrected chi connectivity index (χ4v) is 0.664. The Hall–Kier alpha value is -1.31. The summed E-state index contributed by atoms with van der Waals surface area (Å²) >= 11 is 0. The molecule has 0 saturated carbocycles. The molecular formula is C7H10O7. The first-order chi connectivity index (χ1) is 6.40. The predicted octanol–water partition coefficient (Wildman–Crippen LogP) is -2.69. The van der Waals surface area contributed by atoms with E-state index in [1.54, 1.807) is 0 Å². The summed E-state index contributed by atoms with van der Waals surface area (Å²) in [5, 5.41) is 34.1. The van der Waals surface area contributed by atoms with Gasteiger partial charge in [-0.2, -0.15) is 0 Å². The number of carbonyl (C=O) groups excluding carboxylic acids is 2. The molecule has 4 N–H and O–H groups in total. The summed E-state index contributed by atoms with van der Waals surface area (Å²) in [5.41, 5.74) is 0. The number of carboxylic acids is 1. The van der Waals surface area contributed by atoms with Crippen molar-refractivity contribution in [3.8, 4) is 0 Å². The van der Waals surface area contributed by atoms with Gasteiger partial charge in [-0.25, -0.2) is 0 Å². The van der Waals surface area contributed by atoms with Gasteiger partial charge in [0.25, 0.3) is 0 Å². The van der Waals surface area contributed by atoms with E-state index in [9.17, 15) is 14.4 Å². The average Bonchev–Trinajstić information content (AvgIpc) is 2.13. The lowest BCUT2D eigenvalue weighted by Gasteiger charge is -2.12. The first-order valence-corrected chi connectivity index (χ1v) is 3.66. The van der Waals surface area contributed by atoms with Crippen LogP contribution in [-0.2, 0) is 14.4 Å². The van der Waals surface area contributed by atoms with Crippen LogP contribution in [0.3, 0.4) is 0 Å². The van der Waals surface area contributed by atoms with Crippen molar-refractivity contribution in [1.29, 1.82) is 0 Å². The van der Waals surface area contributed by atoms with Gasteiger partial charge < -0.3 is 20.4 Å². The van der Waals surface area contributed by atoms with Crippen LogP contribution in [0.5, 0.6) is 0 Å². The van der Waals surface area contributed by atoms with Crippen molar-refractivity contribution in [2.24, 2.45) is 0 Å². The number of carbonyl (C=O) groups is 3. The topological polar surface area (TPSA) is 132 Å². The van der Waals surface area contributed by atoms with Gasteiger partial charge in [-0.15, -0.1) is 0 Å². The number of hydrogen-bond donors (Lipinski definition) is 4. The van der Waals surface area contributed by atoms with E-state index in [-0.39, 0.29) is 0 Å². The van der Waals surface area contributed by atoms with E-state index in [4.69, 9.17) is 20.4 Å². The molecule has 0 fully saturated rings. The summed E-state index contributed by atoms with van der Waals surface area (Å²) in [6.07, 6.45) is -4.90. The quantitative estimate of drug-likeness (QED) is 0.275. The van der Waals surface area contributed by atoms with Crippen molar-refractivity contribution < 1.29 is 34.8 Å². The Balaban J connectivity index is 4.32. The van der Waals surface area contributed by atoms with E-state index in [1.807, 2.05) is 0 Å². The smallest absolute Gasteiger partial charge is 0.311 e. The van der Waals surface area contributed by atoms with Crippen LogP contribution in [0.15, 0.2) is 0 Å². The molecule has 0 spiro atoms. The number of aliphatic hydroxyl groups is 3. The van der Waals surface area contributed by atoms with Gasteiger partial charge in [0, 0.05) is 0 Å². The Labute approximate surface area is 78.6 Å². The zero-order valence-corrected chi connectivity index (χ0v) is 7.08. The molecule has 0 saturated heterocycles. The number of carboxylic acid groups (broad SMARTS) is 1. The zero-order chi connectivity index (χ0) is 11.3. The maximum atomic E-state index is 10.8. The number of ketones is 2. The van der Waals surface area contributed by atoms with Gasteiger partial charge in [0.1, 0.15) is 18.6 Å². The molecule has 0 aliphatic heterocycles. The number of aliphatic carboxylic acids is 1. The normalized spacial score (nSPS) is 14.5. The summed E-state index contributed by atoms with van der Waals surface area (Å²) in [4.78, 5) is 31.6. The molecular weight excluding hydrogens is 196 g/mol. The van der Waals surface area contributed by atoms with E-state index in [1.165, 1.54) is 0 Å². The SMILES string of the molecule is O=C(O)CC(=O)C(=O)C(O)C(O)CO. The van der Waals surface area contributed by atoms with Crippen molar-refractivity contribution in [2.75, 3.05) is 6.61 Å². The summed E-state index contributed by atoms with van der Waals surface area (Å²) in [7, 11) is 0. The number of rotatable bonds is 6. The largest absolute Gasteiger partial charge is 0.481 e. The highest BCUT2D eigenvalue weighted by Gasteiger charge is 2.29. The second-order valence-electron chi connectivity index (χ2n) is 2.55. The van der Waals surface area contributed by atoms with Gasteiger partial charge in [-0.05, 0) is 0 Å². The van der Waals surface area contributed by atoms with Crippen molar-refractivity contribution in [1.82, 2.24) is 0 Å². The van der Waals surface area contributed by atoms with E-state index in [0.29, 0.717) is 0 Å². The van der Waals surface area contributed by atoms with Gasteiger partial charge in [0.15, 0.2) is 0 Å². The lowest BCUT2D eigenvalue weighted by atomic mass is 10.0. The third-order valence-electron chi connectivity index (χ3n) is 1.41. The van der Waals surface area contributed by atoms with E-state index in [2.05, 4.69) is 0 Å². The number of Topliss-reactive ketones (excluding diaryl/α,β-unsaturated/α-hetero) is 2. The van der Waals surface area contributed by atoms with E-state index < -0.39 is 42.8 Å². The fraction of sp³-hybridized carbons (Fsp3) is 0.571. The van der Waals surface area contributed by atoms with Crippen LogP contribution in [0.4, 0.5) is 0 Å². The van der Waals surface area contributed by atoms with Crippen LogP contribution >= 0.6 is 0 Å². The lowest BCUT2D eigenvalue weighted by Crippen LogP contribution is -2.40. The molecule has 0 aliphatic carbocycles. The fourth-order valence-electron chi connectivity index (χ4n) is 0.664. The van der Waals surface area contributed by atoms with Crippen LogP contribution in [-0.4, -0.2) is 56.8 Å². The van der Waals surface area contributed by atoms with Crippen molar-refractivity contribution in [2.45, 2.75) is 18.6 Å². The van der Waals surface area contributed by atoms with Gasteiger partial charge in [0.2, 0.25) is 11.6 Å². The third kappa shape index (κ3) is 3.60. The minimum Gasteiger partial charge on any atom is -0.481 e. The summed E-state index contributed by atoms with van der Waals surface area (Å²) in [6.45, 7) is -0.896. The Morgan fingerprint density at radius 3 is 2.00 bits per heavy atom. The second kappa shape index (κ2) is 5.43. The molecule has 2 atom stereocenters. The molecule has 0 aromatic heterocycles. The maximum absolute atomic E-state index is 10.8. The molecule has 80 valence electrons. The monoisotopic (exact) mass is 206 g/mol. The average molecular weight is 206 g/mol. The summed E-state index contributed by atoms with van der Waals surface area (Å²) in [5.74, 6) is -4.25. The Morgan fingerprint density at radius 2 is 1.64 bits per heavy atom. The molecule has 0 aromatic carbocycles. The second-order valence-corrected chi connectivity index (χ2v) is 2.55. The Kier molecular flexibility index (Phi) is 4.92. The molecule has 0 heterocycles. The highest BCUT2D eigenvalue weighted by Crippen LogP contribution is 1.98. The van der Waals surface area contributed by atoms with Crippen molar-refractivity contribution in [3.05, 3.63) is 0 Å². The molecule has 0 aromatic rings. The van der Waals surface area contributed by atoms with E-state index in [0.717, 1.165) is 0 Å². The molecule has 7 nitrogen and oxygen atoms in total. The van der Waals surface area contributed by atoms with Crippen LogP contribution in [0, 0.1) is 0 Å². The molecule has 0 radical (unpaired) electrons. The first kappa shape index (κ1) is 12.7. The molecule has 0 bridgehead atoms. The molecule has 0 rings (SSSR count). The van der Waals surface area contributed by atoms with Crippen molar-refractivity contribution >= 4 is 17.5 Å². The van der Waals surface area contributed by atoms with Crippen molar-refractivity contribution in [3.63, 3.8) is 0 Å². The van der Waals surface area contributed by atoms with Crippen LogP contribution < -0.4 is 0 Å². The summed E-state index contributed by atoms with van der Waals surface area (Å²) in [6, 6.07) is 0. The molecule has 0 amide bonds. The third-order valence-corrected chi connectivity index (χ3v) is 1.41. The minimum atomic E-state index is -2.08. The number of hydrogen-bond acceptors (Lipinski definition) is 6. The first-order valence-electron chi connectivity index (χ1n) is 3.66. The standard InChI is InChI=1S/C7H10O7/c8-2-4(10)7(14)6(13)3(9)1-5(11)12/h4,7-8,10,14H,1-2H2,(H,11,12). The lowest BCUT2D eigenvalue weighted by molar-refractivity contribution is -0.150.